The Hall–Kier alpha value is -1.72. The third-order valence-electron chi connectivity index (χ3n) is 4.44. The summed E-state index contributed by atoms with van der Waals surface area (Å²) in [5.41, 5.74) is 4.70. The average molecular weight is 342 g/mol. The topological polar surface area (TPSA) is 47.9 Å². The molecule has 25 heavy (non-hydrogen) atoms. The fraction of sp³-hybridized carbons (Fsp3) is 0.429. The van der Waals surface area contributed by atoms with Crippen LogP contribution in [0.2, 0.25) is 0 Å². The van der Waals surface area contributed by atoms with Crippen LogP contribution in [0.25, 0.3) is 0 Å². The van der Waals surface area contributed by atoms with Gasteiger partial charge < -0.3 is 19.3 Å². The van der Waals surface area contributed by atoms with Gasteiger partial charge in [-0.1, -0.05) is 59.7 Å². The lowest BCUT2D eigenvalue weighted by molar-refractivity contribution is -0.122. The maximum absolute atomic E-state index is 9.79. The zero-order valence-corrected chi connectivity index (χ0v) is 14.9. The van der Waals surface area contributed by atoms with E-state index < -0.39 is 6.29 Å². The van der Waals surface area contributed by atoms with Crippen molar-refractivity contribution < 1.29 is 19.3 Å². The molecule has 1 saturated heterocycles. The molecule has 0 radical (unpaired) electrons. The zero-order valence-electron chi connectivity index (χ0n) is 14.9. The molecule has 0 aliphatic carbocycles. The molecule has 1 aliphatic heterocycles. The molecule has 1 N–H and O–H groups in total. The van der Waals surface area contributed by atoms with E-state index >= 15 is 0 Å². The van der Waals surface area contributed by atoms with Crippen molar-refractivity contribution in [3.8, 4) is 0 Å². The quantitative estimate of drug-likeness (QED) is 0.836. The lowest BCUT2D eigenvalue weighted by Crippen LogP contribution is -2.29. The predicted molar refractivity (Wildman–Crippen MR) is 96.1 cm³/mol. The molecule has 0 bridgehead atoms. The van der Waals surface area contributed by atoms with Crippen LogP contribution in [-0.4, -0.2) is 30.2 Å². The van der Waals surface area contributed by atoms with E-state index in [1.807, 2.05) is 0 Å². The maximum atomic E-state index is 9.79. The fourth-order valence-electron chi connectivity index (χ4n) is 2.88. The van der Waals surface area contributed by atoms with Crippen LogP contribution >= 0.6 is 0 Å². The monoisotopic (exact) mass is 342 g/mol. The number of hydrogen-bond acceptors (Lipinski definition) is 4. The first kappa shape index (κ1) is 18.1. The third kappa shape index (κ3) is 5.38. The number of rotatable bonds is 7. The van der Waals surface area contributed by atoms with E-state index in [4.69, 9.17) is 14.2 Å². The van der Waals surface area contributed by atoms with Gasteiger partial charge in [-0.05, 0) is 25.0 Å². The second-order valence-electron chi connectivity index (χ2n) is 6.70. The van der Waals surface area contributed by atoms with Gasteiger partial charge in [-0.25, -0.2) is 0 Å². The van der Waals surface area contributed by atoms with E-state index in [0.717, 1.165) is 11.1 Å². The minimum Gasteiger partial charge on any atom is -0.374 e. The summed E-state index contributed by atoms with van der Waals surface area (Å²) in [6.45, 7) is 5.57. The molecule has 0 aromatic heterocycles. The molecule has 0 amide bonds. The Morgan fingerprint density at radius 2 is 1.48 bits per heavy atom. The van der Waals surface area contributed by atoms with Crippen LogP contribution in [-0.2, 0) is 27.4 Å². The molecule has 134 valence electrons. The van der Waals surface area contributed by atoms with Crippen molar-refractivity contribution >= 4 is 0 Å². The highest BCUT2D eigenvalue weighted by Gasteiger charge is 2.35. The van der Waals surface area contributed by atoms with Gasteiger partial charge in [-0.3, -0.25) is 0 Å². The number of benzene rings is 2. The Morgan fingerprint density at radius 1 is 0.920 bits per heavy atom. The first-order valence-electron chi connectivity index (χ1n) is 8.74. The molecule has 2 aromatic rings. The van der Waals surface area contributed by atoms with Crippen LogP contribution < -0.4 is 0 Å². The summed E-state index contributed by atoms with van der Waals surface area (Å²) < 4.78 is 17.3. The van der Waals surface area contributed by atoms with E-state index in [1.54, 1.807) is 0 Å². The Kier molecular flexibility index (Phi) is 6.21. The number of hydrogen-bond donors (Lipinski definition) is 1. The van der Waals surface area contributed by atoms with Crippen LogP contribution in [0.15, 0.2) is 48.5 Å². The second kappa shape index (κ2) is 8.59. The summed E-state index contributed by atoms with van der Waals surface area (Å²) in [6.07, 6.45) is -0.707. The molecule has 1 heterocycles. The van der Waals surface area contributed by atoms with E-state index in [1.165, 1.54) is 11.1 Å². The highest BCUT2D eigenvalue weighted by molar-refractivity contribution is 5.21. The van der Waals surface area contributed by atoms with Crippen molar-refractivity contribution in [3.05, 3.63) is 70.8 Å². The summed E-state index contributed by atoms with van der Waals surface area (Å²) in [5.74, 6) is 0. The van der Waals surface area contributed by atoms with Gasteiger partial charge in [0, 0.05) is 6.42 Å². The van der Waals surface area contributed by atoms with Crippen molar-refractivity contribution in [2.75, 3.05) is 6.61 Å². The largest absolute Gasteiger partial charge is 0.374 e. The van der Waals surface area contributed by atoms with Gasteiger partial charge in [0.1, 0.15) is 6.10 Å². The van der Waals surface area contributed by atoms with Crippen molar-refractivity contribution in [2.24, 2.45) is 0 Å². The fourth-order valence-corrected chi connectivity index (χ4v) is 2.88. The molecule has 4 heteroatoms. The van der Waals surface area contributed by atoms with Gasteiger partial charge in [0.15, 0.2) is 6.29 Å². The third-order valence-corrected chi connectivity index (χ3v) is 4.44. The Balaban J connectivity index is 1.47. The Labute approximate surface area is 149 Å². The van der Waals surface area contributed by atoms with Crippen molar-refractivity contribution in [3.63, 3.8) is 0 Å². The molecular weight excluding hydrogens is 316 g/mol. The van der Waals surface area contributed by atoms with E-state index in [2.05, 4.69) is 62.4 Å². The van der Waals surface area contributed by atoms with E-state index in [0.29, 0.717) is 26.2 Å². The maximum Gasteiger partial charge on any atom is 0.157 e. The summed E-state index contributed by atoms with van der Waals surface area (Å²) in [4.78, 5) is 0. The highest BCUT2D eigenvalue weighted by atomic mass is 16.6. The molecule has 3 atom stereocenters. The molecule has 0 saturated carbocycles. The normalized spacial score (nSPS) is 23.1. The molecule has 1 unspecified atom stereocenters. The van der Waals surface area contributed by atoms with Crippen molar-refractivity contribution in [2.45, 2.75) is 52.0 Å². The summed E-state index contributed by atoms with van der Waals surface area (Å²) in [7, 11) is 0. The van der Waals surface area contributed by atoms with Crippen LogP contribution in [0.5, 0.6) is 0 Å². The van der Waals surface area contributed by atoms with Crippen molar-refractivity contribution in [1.29, 1.82) is 0 Å². The SMILES string of the molecule is Cc1ccc(COC[C@H]2OC(O)C[C@@H]2OCc2ccc(C)cc2)cc1. The number of aryl methyl sites for hydroxylation is 2. The molecule has 2 aromatic carbocycles. The number of aliphatic hydroxyl groups excluding tert-OH is 1. The lowest BCUT2D eigenvalue weighted by Gasteiger charge is -2.19. The minimum atomic E-state index is -0.781. The Bertz CT molecular complexity index is 651. The molecule has 1 fully saturated rings. The summed E-state index contributed by atoms with van der Waals surface area (Å²) >= 11 is 0. The summed E-state index contributed by atoms with van der Waals surface area (Å²) in [6, 6.07) is 16.5. The average Bonchev–Trinajstić information content (AvgIpc) is 2.96. The van der Waals surface area contributed by atoms with E-state index in [9.17, 15) is 5.11 Å². The van der Waals surface area contributed by atoms with Crippen LogP contribution in [0.4, 0.5) is 0 Å². The standard InChI is InChI=1S/C21H26O4/c1-15-3-7-17(8-4-15)12-23-14-20-19(11-21(22)25-20)24-13-18-9-5-16(2)6-10-18/h3-10,19-22H,11-14H2,1-2H3/t19-,20+,21?/m0/s1. The lowest BCUT2D eigenvalue weighted by atomic mass is 10.1. The second-order valence-corrected chi connectivity index (χ2v) is 6.70. The zero-order chi connectivity index (χ0) is 17.6. The molecule has 0 spiro atoms. The molecule has 1 aliphatic rings. The molecule has 3 rings (SSSR count). The first-order valence-corrected chi connectivity index (χ1v) is 8.74. The summed E-state index contributed by atoms with van der Waals surface area (Å²) in [5, 5.41) is 9.79. The minimum absolute atomic E-state index is 0.158. The van der Waals surface area contributed by atoms with E-state index in [-0.39, 0.29) is 12.2 Å². The van der Waals surface area contributed by atoms with Crippen LogP contribution in [0, 0.1) is 13.8 Å². The highest BCUT2D eigenvalue weighted by Crippen LogP contribution is 2.23. The smallest absolute Gasteiger partial charge is 0.157 e. The van der Waals surface area contributed by atoms with Crippen LogP contribution in [0.1, 0.15) is 28.7 Å². The predicted octanol–water partition coefficient (Wildman–Crippen LogP) is 3.51. The van der Waals surface area contributed by atoms with Gasteiger partial charge in [-0.2, -0.15) is 0 Å². The van der Waals surface area contributed by atoms with Gasteiger partial charge in [0.25, 0.3) is 0 Å². The Morgan fingerprint density at radius 3 is 2.08 bits per heavy atom. The van der Waals surface area contributed by atoms with Crippen LogP contribution in [0.3, 0.4) is 0 Å². The van der Waals surface area contributed by atoms with Gasteiger partial charge in [0.2, 0.25) is 0 Å². The first-order chi connectivity index (χ1) is 12.1. The molecular formula is C21H26O4. The number of aliphatic hydroxyl groups is 1. The molecule has 4 nitrogen and oxygen atoms in total. The van der Waals surface area contributed by atoms with Gasteiger partial charge in [0.05, 0.1) is 25.9 Å². The number of ether oxygens (including phenoxy) is 3. The van der Waals surface area contributed by atoms with Crippen molar-refractivity contribution in [1.82, 2.24) is 0 Å². The van der Waals surface area contributed by atoms with Gasteiger partial charge in [-0.15, -0.1) is 0 Å². The van der Waals surface area contributed by atoms with Gasteiger partial charge >= 0.3 is 0 Å².